The van der Waals surface area contributed by atoms with Gasteiger partial charge in [-0.1, -0.05) is 80.8 Å². The zero-order valence-corrected chi connectivity index (χ0v) is 26.6. The molecule has 0 amide bonds. The first kappa shape index (κ1) is 31.1. The summed E-state index contributed by atoms with van der Waals surface area (Å²) in [7, 11) is 0. The third-order valence-corrected chi connectivity index (χ3v) is 11.9. The van der Waals surface area contributed by atoms with Gasteiger partial charge in [-0.15, -0.1) is 0 Å². The molecule has 0 unspecified atom stereocenters. The standard InChI is InChI=1S/C34H57NO3/c1-12-14-29(3,4)16-18-32(9,23-36)19-17-30(5,6)34(11)15-13-26-31(7,8)28-25(22-35-38-28)21-33(26,10)27(34)20-24(2)37/h22-23,26-27H,12-21H2,1-11H3/t26-,27+,32-,33-,34+/m0/s1. The molecule has 0 bridgehead atoms. The Hall–Kier alpha value is -1.45. The summed E-state index contributed by atoms with van der Waals surface area (Å²) in [5, 5.41) is 4.20. The first-order valence-electron chi connectivity index (χ1n) is 15.3. The van der Waals surface area contributed by atoms with Crippen molar-refractivity contribution < 1.29 is 14.1 Å². The van der Waals surface area contributed by atoms with Crippen LogP contribution in [0.1, 0.15) is 145 Å². The lowest BCUT2D eigenvalue weighted by molar-refractivity contribution is -0.155. The molecule has 1 aromatic rings. The average molecular weight is 528 g/mol. The zero-order valence-electron chi connectivity index (χ0n) is 26.6. The molecule has 216 valence electrons. The van der Waals surface area contributed by atoms with E-state index in [1.165, 1.54) is 24.7 Å². The summed E-state index contributed by atoms with van der Waals surface area (Å²) >= 11 is 0. The van der Waals surface area contributed by atoms with E-state index in [0.717, 1.165) is 50.7 Å². The topological polar surface area (TPSA) is 60.2 Å². The summed E-state index contributed by atoms with van der Waals surface area (Å²) in [6.07, 6.45) is 13.2. The van der Waals surface area contributed by atoms with Crippen molar-refractivity contribution in [3.63, 3.8) is 0 Å². The number of nitrogens with zero attached hydrogens (tertiary/aromatic N) is 1. The van der Waals surface area contributed by atoms with Gasteiger partial charge in [-0.05, 0) is 91.8 Å². The lowest BCUT2D eigenvalue weighted by atomic mass is 9.39. The Labute approximate surface area is 233 Å². The van der Waals surface area contributed by atoms with Crippen LogP contribution in [-0.2, 0) is 21.4 Å². The highest BCUT2D eigenvalue weighted by atomic mass is 16.5. The fraction of sp³-hybridized carbons (Fsp3) is 0.853. The van der Waals surface area contributed by atoms with Gasteiger partial charge >= 0.3 is 0 Å². The fourth-order valence-electron chi connectivity index (χ4n) is 8.94. The molecule has 1 saturated carbocycles. The summed E-state index contributed by atoms with van der Waals surface area (Å²) in [6, 6.07) is 0. The molecular formula is C34H57NO3. The Bertz CT molecular complexity index is 1000. The van der Waals surface area contributed by atoms with Gasteiger partial charge in [0.2, 0.25) is 0 Å². The van der Waals surface area contributed by atoms with E-state index in [-0.39, 0.29) is 44.2 Å². The molecule has 0 N–H and O–H groups in total. The molecule has 1 aromatic heterocycles. The Kier molecular flexibility index (Phi) is 8.59. The van der Waals surface area contributed by atoms with Crippen molar-refractivity contribution in [1.82, 2.24) is 5.16 Å². The van der Waals surface area contributed by atoms with E-state index in [1.54, 1.807) is 6.92 Å². The smallest absolute Gasteiger partial charge is 0.145 e. The molecule has 0 radical (unpaired) electrons. The van der Waals surface area contributed by atoms with Crippen molar-refractivity contribution >= 4 is 12.1 Å². The second-order valence-corrected chi connectivity index (χ2v) is 16.1. The number of ketones is 1. The second kappa shape index (κ2) is 10.5. The van der Waals surface area contributed by atoms with Gasteiger partial charge in [-0.25, -0.2) is 0 Å². The van der Waals surface area contributed by atoms with Crippen molar-refractivity contribution in [3.8, 4) is 0 Å². The highest BCUT2D eigenvalue weighted by Gasteiger charge is 2.63. The monoisotopic (exact) mass is 527 g/mol. The molecule has 3 rings (SSSR count). The second-order valence-electron chi connectivity index (χ2n) is 16.1. The zero-order chi connectivity index (χ0) is 28.8. The van der Waals surface area contributed by atoms with Gasteiger partial charge in [-0.2, -0.15) is 0 Å². The number of carbonyl (C=O) groups is 2. The van der Waals surface area contributed by atoms with Crippen LogP contribution in [0.15, 0.2) is 10.7 Å². The van der Waals surface area contributed by atoms with E-state index in [2.05, 4.69) is 74.4 Å². The Morgan fingerprint density at radius 2 is 1.68 bits per heavy atom. The van der Waals surface area contributed by atoms with E-state index in [0.29, 0.717) is 12.3 Å². The molecule has 0 aliphatic heterocycles. The maximum absolute atomic E-state index is 12.8. The summed E-state index contributed by atoms with van der Waals surface area (Å²) in [5.74, 6) is 2.01. The Balaban J connectivity index is 1.91. The van der Waals surface area contributed by atoms with Gasteiger partial charge in [0.15, 0.2) is 0 Å². The summed E-state index contributed by atoms with van der Waals surface area (Å²) in [4.78, 5) is 25.2. The highest BCUT2D eigenvalue weighted by Crippen LogP contribution is 2.68. The third-order valence-electron chi connectivity index (χ3n) is 11.9. The number of aldehydes is 1. The Morgan fingerprint density at radius 1 is 1.05 bits per heavy atom. The van der Waals surface area contributed by atoms with Crippen molar-refractivity contribution in [3.05, 3.63) is 17.5 Å². The first-order chi connectivity index (χ1) is 17.4. The van der Waals surface area contributed by atoms with Crippen LogP contribution < -0.4 is 0 Å². The van der Waals surface area contributed by atoms with E-state index < -0.39 is 0 Å². The van der Waals surface area contributed by atoms with Gasteiger partial charge in [-0.3, -0.25) is 0 Å². The SMILES string of the molecule is CCCC(C)(C)CC[C@](C)(C=O)CCC(C)(C)[C@]1(C)CC[C@H]2C(C)(C)c3oncc3C[C@]2(C)[C@H]1CC(C)=O. The largest absolute Gasteiger partial charge is 0.361 e. The Morgan fingerprint density at radius 3 is 2.26 bits per heavy atom. The number of hydrogen-bond acceptors (Lipinski definition) is 4. The number of carbonyl (C=O) groups excluding carboxylic acids is 2. The molecule has 4 heteroatoms. The molecule has 1 heterocycles. The molecular weight excluding hydrogens is 470 g/mol. The fourth-order valence-corrected chi connectivity index (χ4v) is 8.94. The normalized spacial score (nSPS) is 30.7. The minimum Gasteiger partial charge on any atom is -0.361 e. The van der Waals surface area contributed by atoms with E-state index in [9.17, 15) is 9.59 Å². The minimum absolute atomic E-state index is 0.0105. The lowest BCUT2D eigenvalue weighted by Gasteiger charge is -2.65. The summed E-state index contributed by atoms with van der Waals surface area (Å²) in [6.45, 7) is 25.2. The quantitative estimate of drug-likeness (QED) is 0.254. The van der Waals surface area contributed by atoms with E-state index >= 15 is 0 Å². The molecule has 5 atom stereocenters. The number of fused-ring (bicyclic) bond motifs is 2. The van der Waals surface area contributed by atoms with Gasteiger partial charge in [0.1, 0.15) is 17.8 Å². The molecule has 2 aliphatic rings. The predicted octanol–water partition coefficient (Wildman–Crippen LogP) is 9.14. The molecule has 0 aromatic carbocycles. The highest BCUT2D eigenvalue weighted by molar-refractivity contribution is 5.76. The van der Waals surface area contributed by atoms with Crippen LogP contribution in [-0.4, -0.2) is 17.2 Å². The van der Waals surface area contributed by atoms with Crippen LogP contribution >= 0.6 is 0 Å². The van der Waals surface area contributed by atoms with Crippen LogP contribution in [0.25, 0.3) is 0 Å². The number of aromatic nitrogens is 1. The summed E-state index contributed by atoms with van der Waals surface area (Å²) < 4.78 is 5.80. The maximum Gasteiger partial charge on any atom is 0.145 e. The van der Waals surface area contributed by atoms with Gasteiger partial charge in [0.05, 0.1) is 6.20 Å². The number of Topliss-reactive ketones (excluding diaryl/α,β-unsaturated/α-hetero) is 1. The average Bonchev–Trinajstić information content (AvgIpc) is 3.28. The summed E-state index contributed by atoms with van der Waals surface area (Å²) in [5.41, 5.74) is 1.03. The van der Waals surface area contributed by atoms with Crippen LogP contribution in [0.4, 0.5) is 0 Å². The van der Waals surface area contributed by atoms with E-state index in [4.69, 9.17) is 4.52 Å². The van der Waals surface area contributed by atoms with Crippen molar-refractivity contribution in [2.75, 3.05) is 0 Å². The lowest BCUT2D eigenvalue weighted by Crippen LogP contribution is -2.60. The molecule has 4 nitrogen and oxygen atoms in total. The molecule has 2 aliphatic carbocycles. The number of rotatable bonds is 12. The van der Waals surface area contributed by atoms with E-state index in [1.807, 2.05) is 6.20 Å². The van der Waals surface area contributed by atoms with Crippen LogP contribution in [0.2, 0.25) is 0 Å². The third kappa shape index (κ3) is 5.57. The van der Waals surface area contributed by atoms with Crippen molar-refractivity contribution in [2.24, 2.45) is 38.9 Å². The van der Waals surface area contributed by atoms with Crippen molar-refractivity contribution in [2.45, 2.75) is 146 Å². The maximum atomic E-state index is 12.8. The molecule has 1 fully saturated rings. The predicted molar refractivity (Wildman–Crippen MR) is 156 cm³/mol. The molecule has 0 spiro atoms. The van der Waals surface area contributed by atoms with Crippen LogP contribution in [0, 0.1) is 38.9 Å². The van der Waals surface area contributed by atoms with Crippen molar-refractivity contribution in [1.29, 1.82) is 0 Å². The van der Waals surface area contributed by atoms with Gasteiger partial charge in [0, 0.05) is 22.8 Å². The first-order valence-corrected chi connectivity index (χ1v) is 15.3. The minimum atomic E-state index is -0.306. The number of hydrogen-bond donors (Lipinski definition) is 0. The van der Waals surface area contributed by atoms with Crippen LogP contribution in [0.5, 0.6) is 0 Å². The van der Waals surface area contributed by atoms with Gasteiger partial charge < -0.3 is 14.1 Å². The van der Waals surface area contributed by atoms with Gasteiger partial charge in [0.25, 0.3) is 0 Å². The molecule has 0 saturated heterocycles. The molecule has 38 heavy (non-hydrogen) atoms. The van der Waals surface area contributed by atoms with Crippen LogP contribution in [0.3, 0.4) is 0 Å².